The maximum absolute atomic E-state index is 12.7. The quantitative estimate of drug-likeness (QED) is 0.509. The second-order valence-electron chi connectivity index (χ2n) is 7.01. The Morgan fingerprint density at radius 1 is 1.03 bits per heavy atom. The molecule has 0 aliphatic rings. The molecule has 2 aromatic heterocycles. The lowest BCUT2D eigenvalue weighted by atomic mass is 9.98. The highest BCUT2D eigenvalue weighted by Gasteiger charge is 2.11. The van der Waals surface area contributed by atoms with E-state index in [0.717, 1.165) is 34.4 Å². The molecule has 0 saturated carbocycles. The summed E-state index contributed by atoms with van der Waals surface area (Å²) in [5.41, 5.74) is 5.06. The predicted octanol–water partition coefficient (Wildman–Crippen LogP) is 3.99. The van der Waals surface area contributed by atoms with Crippen molar-refractivity contribution in [3.8, 4) is 22.5 Å². The minimum atomic E-state index is 0.0143. The molecule has 30 heavy (non-hydrogen) atoms. The van der Waals surface area contributed by atoms with Gasteiger partial charge in [-0.1, -0.05) is 61.5 Å². The third kappa shape index (κ3) is 3.87. The first-order valence-corrected chi connectivity index (χ1v) is 10.1. The van der Waals surface area contributed by atoms with Crippen LogP contribution in [-0.2, 0) is 13.1 Å². The summed E-state index contributed by atoms with van der Waals surface area (Å²) in [6, 6.07) is 16.3. The van der Waals surface area contributed by atoms with E-state index in [1.165, 1.54) is 0 Å². The highest BCUT2D eigenvalue weighted by atomic mass is 16.1. The van der Waals surface area contributed by atoms with Gasteiger partial charge in [0.15, 0.2) is 5.82 Å². The molecule has 0 atom stereocenters. The summed E-state index contributed by atoms with van der Waals surface area (Å²) in [5, 5.41) is 14.2. The maximum atomic E-state index is 12.7. The van der Waals surface area contributed by atoms with Crippen LogP contribution >= 0.6 is 0 Å². The minimum Gasteiger partial charge on any atom is -0.299 e. The van der Waals surface area contributed by atoms with Crippen LogP contribution in [0, 0.1) is 0 Å². The van der Waals surface area contributed by atoms with Crippen LogP contribution in [0.4, 0.5) is 0 Å². The standard InChI is InChI=1S/C23H24N6O/c1-3-5-8-19-16-28(4-2)23(30)29(19)15-17-11-13-18(14-12-17)20-9-6-7-10-21(20)22-24-26-27-25-22/h5-14,16H,3-4,15H2,1-2H3,(H,24,25,26,27). The highest BCUT2D eigenvalue weighted by Crippen LogP contribution is 2.29. The van der Waals surface area contributed by atoms with Crippen LogP contribution in [0.3, 0.4) is 0 Å². The number of H-pyrrole nitrogens is 1. The fourth-order valence-corrected chi connectivity index (χ4v) is 3.49. The van der Waals surface area contributed by atoms with E-state index in [2.05, 4.69) is 57.9 Å². The maximum Gasteiger partial charge on any atom is 0.328 e. The summed E-state index contributed by atoms with van der Waals surface area (Å²) in [6.07, 6.45) is 6.94. The first-order valence-electron chi connectivity index (χ1n) is 10.1. The third-order valence-corrected chi connectivity index (χ3v) is 5.07. The molecule has 7 nitrogen and oxygen atoms in total. The Morgan fingerprint density at radius 2 is 1.80 bits per heavy atom. The van der Waals surface area contributed by atoms with Gasteiger partial charge in [0.05, 0.1) is 12.2 Å². The molecule has 0 aliphatic carbocycles. The molecule has 0 unspecified atom stereocenters. The van der Waals surface area contributed by atoms with E-state index in [0.29, 0.717) is 18.9 Å². The molecule has 4 aromatic rings. The van der Waals surface area contributed by atoms with E-state index in [4.69, 9.17) is 0 Å². The molecule has 4 rings (SSSR count). The summed E-state index contributed by atoms with van der Waals surface area (Å²) in [7, 11) is 0. The fraction of sp³-hybridized carbons (Fsp3) is 0.217. The molecule has 0 saturated heterocycles. The molecule has 7 heteroatoms. The lowest BCUT2D eigenvalue weighted by Crippen LogP contribution is -2.24. The molecule has 1 N–H and O–H groups in total. The molecule has 0 radical (unpaired) electrons. The van der Waals surface area contributed by atoms with Gasteiger partial charge in [-0.2, -0.15) is 0 Å². The fourth-order valence-electron chi connectivity index (χ4n) is 3.49. The van der Waals surface area contributed by atoms with Crippen molar-refractivity contribution in [2.45, 2.75) is 33.4 Å². The number of nitrogens with zero attached hydrogens (tertiary/aromatic N) is 5. The van der Waals surface area contributed by atoms with E-state index in [1.54, 1.807) is 4.57 Å². The van der Waals surface area contributed by atoms with Gasteiger partial charge < -0.3 is 0 Å². The largest absolute Gasteiger partial charge is 0.328 e. The van der Waals surface area contributed by atoms with E-state index in [1.807, 2.05) is 48.0 Å². The number of hydrogen-bond acceptors (Lipinski definition) is 4. The smallest absolute Gasteiger partial charge is 0.299 e. The Hall–Kier alpha value is -3.74. The van der Waals surface area contributed by atoms with Gasteiger partial charge >= 0.3 is 5.69 Å². The average Bonchev–Trinajstić information content (AvgIpc) is 3.42. The van der Waals surface area contributed by atoms with Gasteiger partial charge in [0.25, 0.3) is 0 Å². The SMILES string of the molecule is CCC=Cc1cn(CC)c(=O)n1Cc1ccc(-c2ccccc2-c2nnn[nH]2)cc1. The van der Waals surface area contributed by atoms with Gasteiger partial charge in [0.1, 0.15) is 0 Å². The van der Waals surface area contributed by atoms with Gasteiger partial charge in [-0.3, -0.25) is 9.13 Å². The van der Waals surface area contributed by atoms with Gasteiger partial charge in [0, 0.05) is 18.3 Å². The number of nitrogens with one attached hydrogen (secondary N) is 1. The average molecular weight is 400 g/mol. The van der Waals surface area contributed by atoms with E-state index < -0.39 is 0 Å². The van der Waals surface area contributed by atoms with Gasteiger partial charge in [-0.15, -0.1) is 5.10 Å². The number of tetrazole rings is 1. The first-order chi connectivity index (χ1) is 14.7. The second kappa shape index (κ2) is 8.73. The summed E-state index contributed by atoms with van der Waals surface area (Å²) in [4.78, 5) is 12.7. The number of hydrogen-bond donors (Lipinski definition) is 1. The van der Waals surface area contributed by atoms with Gasteiger partial charge in [-0.25, -0.2) is 9.89 Å². The van der Waals surface area contributed by atoms with Gasteiger partial charge in [0.2, 0.25) is 0 Å². The monoisotopic (exact) mass is 400 g/mol. The minimum absolute atomic E-state index is 0.0143. The molecule has 2 aromatic carbocycles. The predicted molar refractivity (Wildman–Crippen MR) is 118 cm³/mol. The highest BCUT2D eigenvalue weighted by molar-refractivity contribution is 5.80. The Morgan fingerprint density at radius 3 is 2.47 bits per heavy atom. The van der Waals surface area contributed by atoms with Crippen LogP contribution in [0.5, 0.6) is 0 Å². The van der Waals surface area contributed by atoms with Crippen molar-refractivity contribution in [1.82, 2.24) is 29.8 Å². The van der Waals surface area contributed by atoms with Crippen LogP contribution in [0.1, 0.15) is 31.5 Å². The number of aromatic amines is 1. The summed E-state index contributed by atoms with van der Waals surface area (Å²) < 4.78 is 3.56. The van der Waals surface area contributed by atoms with Gasteiger partial charge in [-0.05, 0) is 46.5 Å². The number of benzene rings is 2. The zero-order valence-corrected chi connectivity index (χ0v) is 17.1. The zero-order valence-electron chi connectivity index (χ0n) is 17.1. The van der Waals surface area contributed by atoms with Crippen LogP contribution in [0.25, 0.3) is 28.6 Å². The third-order valence-electron chi connectivity index (χ3n) is 5.07. The molecule has 0 spiro atoms. The Balaban J connectivity index is 1.65. The lowest BCUT2D eigenvalue weighted by molar-refractivity contribution is 0.667. The summed E-state index contributed by atoms with van der Waals surface area (Å²) in [5.74, 6) is 0.634. The van der Waals surface area contributed by atoms with Crippen LogP contribution in [0.2, 0.25) is 0 Å². The van der Waals surface area contributed by atoms with Crippen molar-refractivity contribution in [2.75, 3.05) is 0 Å². The van der Waals surface area contributed by atoms with E-state index >= 15 is 0 Å². The van der Waals surface area contributed by atoms with Crippen molar-refractivity contribution in [3.63, 3.8) is 0 Å². The number of imidazole rings is 1. The Bertz CT molecular complexity index is 1200. The lowest BCUT2D eigenvalue weighted by Gasteiger charge is -2.09. The van der Waals surface area contributed by atoms with Crippen molar-refractivity contribution in [1.29, 1.82) is 0 Å². The number of allylic oxidation sites excluding steroid dienone is 1. The van der Waals surface area contributed by atoms with Crippen molar-refractivity contribution >= 4 is 6.08 Å². The first kappa shape index (κ1) is 19.6. The number of aryl methyl sites for hydroxylation is 1. The second-order valence-corrected chi connectivity index (χ2v) is 7.01. The van der Waals surface area contributed by atoms with Crippen molar-refractivity contribution in [3.05, 3.63) is 82.5 Å². The molecule has 0 amide bonds. The molecule has 0 aliphatic heterocycles. The Kier molecular flexibility index (Phi) is 5.70. The zero-order chi connectivity index (χ0) is 20.9. The van der Waals surface area contributed by atoms with Crippen LogP contribution in [-0.4, -0.2) is 29.8 Å². The van der Waals surface area contributed by atoms with E-state index in [9.17, 15) is 4.79 Å². The normalized spacial score (nSPS) is 11.4. The molecule has 0 fully saturated rings. The Labute approximate surface area is 174 Å². The molecule has 152 valence electrons. The van der Waals surface area contributed by atoms with Crippen LogP contribution in [0.15, 0.2) is 65.6 Å². The summed E-state index contributed by atoms with van der Waals surface area (Å²) in [6.45, 7) is 5.25. The number of aromatic nitrogens is 6. The van der Waals surface area contributed by atoms with Crippen molar-refractivity contribution in [2.24, 2.45) is 0 Å². The summed E-state index contributed by atoms with van der Waals surface area (Å²) >= 11 is 0. The molecule has 2 heterocycles. The molecular weight excluding hydrogens is 376 g/mol. The van der Waals surface area contributed by atoms with E-state index in [-0.39, 0.29) is 5.69 Å². The number of rotatable bonds is 7. The van der Waals surface area contributed by atoms with Crippen molar-refractivity contribution < 1.29 is 0 Å². The molecule has 0 bridgehead atoms. The molecular formula is C23H24N6O. The van der Waals surface area contributed by atoms with Crippen LogP contribution < -0.4 is 5.69 Å². The topological polar surface area (TPSA) is 81.4 Å².